The van der Waals surface area contributed by atoms with Crippen molar-refractivity contribution in [2.45, 2.75) is 44.6 Å². The number of likely N-dealkylation sites (tertiary alicyclic amines) is 1. The number of amides is 1. The lowest BCUT2D eigenvalue weighted by atomic mass is 9.82. The van der Waals surface area contributed by atoms with Crippen molar-refractivity contribution in [3.63, 3.8) is 0 Å². The molecule has 0 bridgehead atoms. The Hall–Kier alpha value is -3.30. The number of methoxy groups -OCH3 is 1. The van der Waals surface area contributed by atoms with E-state index in [1.807, 2.05) is 34.1 Å². The van der Waals surface area contributed by atoms with Gasteiger partial charge in [0.05, 0.1) is 13.7 Å². The van der Waals surface area contributed by atoms with Crippen LogP contribution in [0.15, 0.2) is 42.5 Å². The number of carboxylic acids is 1. The first-order valence-corrected chi connectivity index (χ1v) is 13.3. The molecule has 2 heterocycles. The highest BCUT2D eigenvalue weighted by atomic mass is 16.7. The Kier molecular flexibility index (Phi) is 9.47. The Balaban J connectivity index is 1.65. The van der Waals surface area contributed by atoms with Crippen LogP contribution in [0.25, 0.3) is 0 Å². The molecule has 0 radical (unpaired) electrons. The molecule has 3 atom stereocenters. The van der Waals surface area contributed by atoms with Crippen molar-refractivity contribution in [3.8, 4) is 17.2 Å². The summed E-state index contributed by atoms with van der Waals surface area (Å²) in [6.45, 7) is 3.96. The minimum absolute atomic E-state index is 0.0432. The number of aliphatic hydroxyl groups is 1. The maximum atomic E-state index is 13.6. The molecule has 0 aliphatic carbocycles. The second kappa shape index (κ2) is 13.0. The van der Waals surface area contributed by atoms with Crippen LogP contribution in [0, 0.1) is 5.92 Å². The first-order valence-electron chi connectivity index (χ1n) is 13.3. The SMILES string of the molecule is CCCCN(CCCCO)C(=O)CN1CC(c2ccc3c(c2)OCO3)C(C(=O)[O-])C1c1ccc(OC)cc1. The van der Waals surface area contributed by atoms with Crippen LogP contribution in [0.3, 0.4) is 0 Å². The van der Waals surface area contributed by atoms with E-state index in [1.54, 1.807) is 25.3 Å². The van der Waals surface area contributed by atoms with Crippen LogP contribution < -0.4 is 19.3 Å². The van der Waals surface area contributed by atoms with Crippen molar-refractivity contribution < 1.29 is 34.0 Å². The minimum atomic E-state index is -1.16. The second-order valence-corrected chi connectivity index (χ2v) is 9.88. The number of carbonyl (C=O) groups excluding carboxylic acids is 2. The number of benzene rings is 2. The Morgan fingerprint density at radius 3 is 2.45 bits per heavy atom. The van der Waals surface area contributed by atoms with Gasteiger partial charge in [-0.1, -0.05) is 31.5 Å². The number of aliphatic carboxylic acids is 1. The lowest BCUT2D eigenvalue weighted by Crippen LogP contribution is -2.43. The van der Waals surface area contributed by atoms with Crippen LogP contribution in [-0.2, 0) is 9.59 Å². The lowest BCUT2D eigenvalue weighted by Gasteiger charge is -2.31. The number of aliphatic hydroxyl groups excluding tert-OH is 1. The molecule has 1 amide bonds. The molecule has 1 N–H and O–H groups in total. The summed E-state index contributed by atoms with van der Waals surface area (Å²) < 4.78 is 16.3. The third kappa shape index (κ3) is 6.22. The molecule has 9 nitrogen and oxygen atoms in total. The summed E-state index contributed by atoms with van der Waals surface area (Å²) >= 11 is 0. The maximum Gasteiger partial charge on any atom is 0.236 e. The molecule has 4 rings (SSSR count). The normalized spacial score (nSPS) is 20.4. The fraction of sp³-hybridized carbons (Fsp3) is 0.517. The third-order valence-electron chi connectivity index (χ3n) is 7.46. The van der Waals surface area contributed by atoms with Crippen molar-refractivity contribution in [2.75, 3.05) is 46.7 Å². The summed E-state index contributed by atoms with van der Waals surface area (Å²) in [4.78, 5) is 30.0. The number of hydrogen-bond donors (Lipinski definition) is 1. The van der Waals surface area contributed by atoms with E-state index in [0.717, 1.165) is 30.4 Å². The van der Waals surface area contributed by atoms with Crippen molar-refractivity contribution in [2.24, 2.45) is 5.92 Å². The molecule has 2 aromatic rings. The molecule has 2 aliphatic heterocycles. The number of fused-ring (bicyclic) bond motifs is 1. The molecular weight excluding hydrogens is 488 g/mol. The largest absolute Gasteiger partial charge is 0.550 e. The topological polar surface area (TPSA) is 112 Å². The number of unbranched alkanes of at least 4 members (excludes halogenated alkanes) is 2. The van der Waals surface area contributed by atoms with Crippen molar-refractivity contribution in [3.05, 3.63) is 53.6 Å². The van der Waals surface area contributed by atoms with Crippen LogP contribution in [-0.4, -0.2) is 73.5 Å². The van der Waals surface area contributed by atoms with Gasteiger partial charge < -0.3 is 34.1 Å². The van der Waals surface area contributed by atoms with Gasteiger partial charge in [-0.3, -0.25) is 9.69 Å². The molecule has 2 aliphatic rings. The second-order valence-electron chi connectivity index (χ2n) is 9.88. The summed E-state index contributed by atoms with van der Waals surface area (Å²) in [5, 5.41) is 21.9. The van der Waals surface area contributed by atoms with Crippen LogP contribution in [0.4, 0.5) is 0 Å². The molecule has 1 fully saturated rings. The van der Waals surface area contributed by atoms with E-state index in [1.165, 1.54) is 0 Å². The zero-order valence-electron chi connectivity index (χ0n) is 22.1. The van der Waals surface area contributed by atoms with Gasteiger partial charge in [0.25, 0.3) is 0 Å². The molecule has 1 saturated heterocycles. The summed E-state index contributed by atoms with van der Waals surface area (Å²) in [5.41, 5.74) is 1.60. The highest BCUT2D eigenvalue weighted by Crippen LogP contribution is 2.47. The maximum absolute atomic E-state index is 13.6. The van der Waals surface area contributed by atoms with Gasteiger partial charge in [0.15, 0.2) is 11.5 Å². The van der Waals surface area contributed by atoms with Crippen LogP contribution in [0.2, 0.25) is 0 Å². The number of carbonyl (C=O) groups is 2. The van der Waals surface area contributed by atoms with E-state index in [0.29, 0.717) is 43.3 Å². The number of ether oxygens (including phenoxy) is 3. The number of hydrogen-bond acceptors (Lipinski definition) is 8. The van der Waals surface area contributed by atoms with E-state index in [4.69, 9.17) is 14.2 Å². The molecule has 206 valence electrons. The van der Waals surface area contributed by atoms with Crippen molar-refractivity contribution >= 4 is 11.9 Å². The Morgan fingerprint density at radius 2 is 1.76 bits per heavy atom. The lowest BCUT2D eigenvalue weighted by molar-refractivity contribution is -0.312. The number of nitrogens with zero attached hydrogens (tertiary/aromatic N) is 2. The average Bonchev–Trinajstić information content (AvgIpc) is 3.55. The standard InChI is InChI=1S/C29H38N2O7/c1-3-4-13-30(14-5-6-15-32)26(33)18-31-17-23(21-9-12-24-25(16-21)38-19-37-24)27(29(34)35)28(31)20-7-10-22(36-2)11-8-20/h7-12,16,23,27-28,32H,3-6,13-15,17-19H2,1-2H3,(H,34,35)/p-1. The van der Waals surface area contributed by atoms with Gasteiger partial charge in [-0.05, 0) is 54.7 Å². The van der Waals surface area contributed by atoms with Gasteiger partial charge in [-0.2, -0.15) is 0 Å². The zero-order chi connectivity index (χ0) is 27.1. The van der Waals surface area contributed by atoms with Gasteiger partial charge >= 0.3 is 0 Å². The molecule has 2 aromatic carbocycles. The molecule has 9 heteroatoms. The minimum Gasteiger partial charge on any atom is -0.550 e. The fourth-order valence-electron chi connectivity index (χ4n) is 5.46. The first-order chi connectivity index (χ1) is 18.5. The summed E-state index contributed by atoms with van der Waals surface area (Å²) in [6, 6.07) is 12.3. The molecular formula is C29H37N2O7-. The smallest absolute Gasteiger partial charge is 0.236 e. The Labute approximate surface area is 223 Å². The summed E-state index contributed by atoms with van der Waals surface area (Å²) in [5.74, 6) is -0.605. The van der Waals surface area contributed by atoms with Crippen molar-refractivity contribution in [1.29, 1.82) is 0 Å². The summed E-state index contributed by atoms with van der Waals surface area (Å²) in [6.07, 6.45) is 3.19. The fourth-order valence-corrected chi connectivity index (χ4v) is 5.46. The van der Waals surface area contributed by atoms with E-state index in [2.05, 4.69) is 6.92 Å². The monoisotopic (exact) mass is 525 g/mol. The molecule has 0 aromatic heterocycles. The van der Waals surface area contributed by atoms with Gasteiger partial charge in [-0.25, -0.2) is 0 Å². The zero-order valence-corrected chi connectivity index (χ0v) is 22.1. The quantitative estimate of drug-likeness (QED) is 0.397. The number of carboxylic acid groups (broad SMARTS) is 1. The Bertz CT molecular complexity index is 1090. The molecule has 0 spiro atoms. The molecule has 3 unspecified atom stereocenters. The highest BCUT2D eigenvalue weighted by Gasteiger charge is 2.45. The van der Waals surface area contributed by atoms with E-state index < -0.39 is 23.8 Å². The van der Waals surface area contributed by atoms with E-state index in [-0.39, 0.29) is 25.9 Å². The average molecular weight is 526 g/mol. The number of rotatable bonds is 13. The Morgan fingerprint density at radius 1 is 1.05 bits per heavy atom. The van der Waals surface area contributed by atoms with Gasteiger partial charge in [0.2, 0.25) is 12.7 Å². The van der Waals surface area contributed by atoms with Crippen LogP contribution >= 0.6 is 0 Å². The predicted octanol–water partition coefficient (Wildman–Crippen LogP) is 2.33. The first kappa shape index (κ1) is 27.7. The van der Waals surface area contributed by atoms with Gasteiger partial charge in [0, 0.05) is 50.1 Å². The predicted molar refractivity (Wildman–Crippen MR) is 139 cm³/mol. The third-order valence-corrected chi connectivity index (χ3v) is 7.46. The molecule has 38 heavy (non-hydrogen) atoms. The van der Waals surface area contributed by atoms with E-state index >= 15 is 0 Å². The highest BCUT2D eigenvalue weighted by molar-refractivity contribution is 5.79. The summed E-state index contributed by atoms with van der Waals surface area (Å²) in [7, 11) is 1.58. The molecule has 0 saturated carbocycles. The van der Waals surface area contributed by atoms with Crippen molar-refractivity contribution in [1.82, 2.24) is 9.80 Å². The van der Waals surface area contributed by atoms with Crippen LogP contribution in [0.1, 0.15) is 55.7 Å². The van der Waals surface area contributed by atoms with Gasteiger partial charge in [0.1, 0.15) is 5.75 Å². The van der Waals surface area contributed by atoms with Gasteiger partial charge in [-0.15, -0.1) is 0 Å². The van der Waals surface area contributed by atoms with Crippen LogP contribution in [0.5, 0.6) is 17.2 Å². The van der Waals surface area contributed by atoms with E-state index in [9.17, 15) is 19.8 Å².